The normalized spacial score (nSPS) is 32.9. The minimum atomic E-state index is -0.703. The highest BCUT2D eigenvalue weighted by Crippen LogP contribution is 2.33. The van der Waals surface area contributed by atoms with Gasteiger partial charge in [-0.25, -0.2) is 0 Å². The molecule has 1 saturated heterocycles. The molecule has 2 fully saturated rings. The molecule has 0 aromatic carbocycles. The van der Waals surface area contributed by atoms with Crippen LogP contribution in [0, 0.1) is 5.92 Å². The zero-order valence-electron chi connectivity index (χ0n) is 13.1. The SMILES string of the molecule is CNC1(C(=O)O)CCC(N(C)CC2CCN(C)CC2)C1. The number of aliphatic carboxylic acids is 1. The highest BCUT2D eigenvalue weighted by Gasteiger charge is 2.45. The number of piperidine rings is 1. The van der Waals surface area contributed by atoms with E-state index in [-0.39, 0.29) is 0 Å². The highest BCUT2D eigenvalue weighted by molar-refractivity contribution is 5.79. The molecule has 2 atom stereocenters. The molecule has 0 aromatic heterocycles. The maximum absolute atomic E-state index is 11.5. The second-order valence-corrected chi connectivity index (χ2v) is 6.72. The van der Waals surface area contributed by atoms with Gasteiger partial charge in [0.2, 0.25) is 0 Å². The molecule has 0 radical (unpaired) electrons. The summed E-state index contributed by atoms with van der Waals surface area (Å²) >= 11 is 0. The van der Waals surface area contributed by atoms with Crippen LogP contribution >= 0.6 is 0 Å². The minimum Gasteiger partial charge on any atom is -0.480 e. The van der Waals surface area contributed by atoms with Crippen molar-refractivity contribution in [1.29, 1.82) is 0 Å². The number of likely N-dealkylation sites (N-methyl/N-ethyl adjacent to an activating group) is 1. The van der Waals surface area contributed by atoms with Crippen LogP contribution in [0.4, 0.5) is 0 Å². The van der Waals surface area contributed by atoms with Crippen LogP contribution in [0.25, 0.3) is 0 Å². The van der Waals surface area contributed by atoms with Gasteiger partial charge in [-0.2, -0.15) is 0 Å². The van der Waals surface area contributed by atoms with Crippen molar-refractivity contribution < 1.29 is 9.90 Å². The number of likely N-dealkylation sites (tertiary alicyclic amines) is 1. The molecule has 0 aromatic rings. The van der Waals surface area contributed by atoms with E-state index < -0.39 is 11.5 Å². The van der Waals surface area contributed by atoms with Crippen molar-refractivity contribution in [3.63, 3.8) is 0 Å². The number of rotatable bonds is 5. The summed E-state index contributed by atoms with van der Waals surface area (Å²) in [5.74, 6) is 0.0702. The van der Waals surface area contributed by atoms with Gasteiger partial charge in [0.1, 0.15) is 5.54 Å². The molecule has 2 rings (SSSR count). The summed E-state index contributed by atoms with van der Waals surface area (Å²) in [7, 11) is 6.12. The van der Waals surface area contributed by atoms with Crippen LogP contribution in [0.1, 0.15) is 32.1 Å². The average molecular weight is 283 g/mol. The number of carboxylic acid groups (broad SMARTS) is 1. The van der Waals surface area contributed by atoms with Gasteiger partial charge in [0.25, 0.3) is 0 Å². The zero-order chi connectivity index (χ0) is 14.8. The first-order valence-electron chi connectivity index (χ1n) is 7.78. The molecule has 116 valence electrons. The summed E-state index contributed by atoms with van der Waals surface area (Å²) < 4.78 is 0. The van der Waals surface area contributed by atoms with Crippen LogP contribution in [-0.2, 0) is 4.79 Å². The third-order valence-corrected chi connectivity index (χ3v) is 5.38. The lowest BCUT2D eigenvalue weighted by Gasteiger charge is -2.34. The van der Waals surface area contributed by atoms with Gasteiger partial charge >= 0.3 is 5.97 Å². The van der Waals surface area contributed by atoms with Gasteiger partial charge in [-0.05, 0) is 72.3 Å². The lowest BCUT2D eigenvalue weighted by atomic mass is 9.95. The molecule has 2 aliphatic rings. The Labute approximate surface area is 122 Å². The van der Waals surface area contributed by atoms with E-state index in [1.807, 2.05) is 0 Å². The lowest BCUT2D eigenvalue weighted by Crippen LogP contribution is -2.49. The molecule has 0 amide bonds. The van der Waals surface area contributed by atoms with Crippen LogP contribution in [-0.4, -0.2) is 73.2 Å². The standard InChI is InChI=1S/C15H29N3O2/c1-16-15(14(19)20)7-4-13(10-15)18(3)11-12-5-8-17(2)9-6-12/h12-13,16H,4-11H2,1-3H3,(H,19,20). The fraction of sp³-hybridized carbons (Fsp3) is 0.933. The summed E-state index contributed by atoms with van der Waals surface area (Å²) in [6.07, 6.45) is 4.98. The van der Waals surface area contributed by atoms with Crippen molar-refractivity contribution in [2.45, 2.75) is 43.7 Å². The lowest BCUT2D eigenvalue weighted by molar-refractivity contribution is -0.144. The monoisotopic (exact) mass is 283 g/mol. The van der Waals surface area contributed by atoms with Crippen molar-refractivity contribution in [3.8, 4) is 0 Å². The first kappa shape index (κ1) is 15.7. The Hall–Kier alpha value is -0.650. The van der Waals surface area contributed by atoms with Crippen LogP contribution in [0.3, 0.4) is 0 Å². The molecular weight excluding hydrogens is 254 g/mol. The number of nitrogens with one attached hydrogen (secondary N) is 1. The molecule has 1 saturated carbocycles. The Morgan fingerprint density at radius 2 is 2.05 bits per heavy atom. The van der Waals surface area contributed by atoms with Gasteiger partial charge in [-0.15, -0.1) is 0 Å². The van der Waals surface area contributed by atoms with Gasteiger partial charge in [-0.3, -0.25) is 4.79 Å². The van der Waals surface area contributed by atoms with Crippen LogP contribution in [0.2, 0.25) is 0 Å². The Morgan fingerprint density at radius 3 is 2.55 bits per heavy atom. The van der Waals surface area contributed by atoms with Crippen molar-refractivity contribution in [1.82, 2.24) is 15.1 Å². The number of hydrogen-bond donors (Lipinski definition) is 2. The van der Waals surface area contributed by atoms with E-state index in [0.717, 1.165) is 31.7 Å². The van der Waals surface area contributed by atoms with E-state index in [4.69, 9.17) is 0 Å². The Kier molecular flexibility index (Phi) is 5.04. The fourth-order valence-corrected chi connectivity index (χ4v) is 3.72. The molecule has 1 heterocycles. The molecule has 2 N–H and O–H groups in total. The van der Waals surface area contributed by atoms with Gasteiger partial charge in [0, 0.05) is 12.6 Å². The summed E-state index contributed by atoms with van der Waals surface area (Å²) in [6, 6.07) is 0.401. The van der Waals surface area contributed by atoms with Gasteiger partial charge in [-0.1, -0.05) is 0 Å². The molecule has 20 heavy (non-hydrogen) atoms. The quantitative estimate of drug-likeness (QED) is 0.783. The smallest absolute Gasteiger partial charge is 0.323 e. The number of hydrogen-bond acceptors (Lipinski definition) is 4. The second-order valence-electron chi connectivity index (χ2n) is 6.72. The third kappa shape index (κ3) is 3.32. The molecule has 5 nitrogen and oxygen atoms in total. The van der Waals surface area contributed by atoms with E-state index >= 15 is 0 Å². The summed E-state index contributed by atoms with van der Waals surface area (Å²) in [5.41, 5.74) is -0.703. The molecule has 5 heteroatoms. The first-order valence-corrected chi connectivity index (χ1v) is 7.78. The summed E-state index contributed by atoms with van der Waals surface area (Å²) in [4.78, 5) is 16.3. The summed E-state index contributed by atoms with van der Waals surface area (Å²) in [5, 5.41) is 12.5. The van der Waals surface area contributed by atoms with Crippen LogP contribution < -0.4 is 5.32 Å². The topological polar surface area (TPSA) is 55.8 Å². The van der Waals surface area contributed by atoms with E-state index in [1.165, 1.54) is 25.9 Å². The Bertz CT molecular complexity index is 342. The third-order valence-electron chi connectivity index (χ3n) is 5.38. The van der Waals surface area contributed by atoms with Crippen molar-refractivity contribution in [2.75, 3.05) is 40.8 Å². The number of carboxylic acids is 1. The van der Waals surface area contributed by atoms with Crippen molar-refractivity contribution in [2.24, 2.45) is 5.92 Å². The first-order chi connectivity index (χ1) is 9.47. The molecule has 1 aliphatic carbocycles. The van der Waals surface area contributed by atoms with Gasteiger partial charge in [0.15, 0.2) is 0 Å². The molecular formula is C15H29N3O2. The average Bonchev–Trinajstić information content (AvgIpc) is 2.87. The molecule has 0 spiro atoms. The van der Waals surface area contributed by atoms with Crippen molar-refractivity contribution >= 4 is 5.97 Å². The predicted molar refractivity (Wildman–Crippen MR) is 79.9 cm³/mol. The zero-order valence-corrected chi connectivity index (χ0v) is 13.1. The van der Waals surface area contributed by atoms with E-state index in [2.05, 4.69) is 29.2 Å². The molecule has 1 aliphatic heterocycles. The molecule has 0 bridgehead atoms. The number of nitrogens with zero attached hydrogens (tertiary/aromatic N) is 2. The van der Waals surface area contributed by atoms with Crippen LogP contribution in [0.15, 0.2) is 0 Å². The maximum atomic E-state index is 11.5. The largest absolute Gasteiger partial charge is 0.480 e. The summed E-state index contributed by atoms with van der Waals surface area (Å²) in [6.45, 7) is 3.50. The Morgan fingerprint density at radius 1 is 1.40 bits per heavy atom. The Balaban J connectivity index is 1.85. The van der Waals surface area contributed by atoms with E-state index in [0.29, 0.717) is 6.04 Å². The predicted octanol–water partition coefficient (Wildman–Crippen LogP) is 0.855. The highest BCUT2D eigenvalue weighted by atomic mass is 16.4. The molecule has 2 unspecified atom stereocenters. The number of carbonyl (C=O) groups is 1. The van der Waals surface area contributed by atoms with E-state index in [9.17, 15) is 9.90 Å². The van der Waals surface area contributed by atoms with E-state index in [1.54, 1.807) is 7.05 Å². The van der Waals surface area contributed by atoms with Gasteiger partial charge < -0.3 is 20.2 Å². The fourth-order valence-electron chi connectivity index (χ4n) is 3.72. The van der Waals surface area contributed by atoms with Crippen LogP contribution in [0.5, 0.6) is 0 Å². The second kappa shape index (κ2) is 6.41. The minimum absolute atomic E-state index is 0.401. The van der Waals surface area contributed by atoms with Crippen molar-refractivity contribution in [3.05, 3.63) is 0 Å². The maximum Gasteiger partial charge on any atom is 0.323 e. The van der Waals surface area contributed by atoms with Gasteiger partial charge in [0.05, 0.1) is 0 Å².